The molecule has 0 aliphatic heterocycles. The lowest BCUT2D eigenvalue weighted by molar-refractivity contribution is 0.252. The molecule has 0 saturated carbocycles. The van der Waals surface area contributed by atoms with Crippen molar-refractivity contribution in [2.45, 2.75) is 59.6 Å². The van der Waals surface area contributed by atoms with E-state index in [-0.39, 0.29) is 24.1 Å². The minimum absolute atomic E-state index is 0. The predicted molar refractivity (Wildman–Crippen MR) is 121 cm³/mol. The van der Waals surface area contributed by atoms with E-state index in [1.54, 1.807) is 31.2 Å². The van der Waals surface area contributed by atoms with Gasteiger partial charge in [0.25, 0.3) is 0 Å². The average molecular weight is 409 g/mol. The Morgan fingerprint density at radius 2 is 1.54 bits per heavy atom. The minimum Gasteiger partial charge on any atom is -0.338 e. The van der Waals surface area contributed by atoms with E-state index in [2.05, 4.69) is 10.6 Å². The van der Waals surface area contributed by atoms with Crippen molar-refractivity contribution in [1.29, 1.82) is 0 Å². The fraction of sp³-hybridized carbons (Fsp3) is 0.409. The van der Waals surface area contributed by atoms with Crippen LogP contribution in [0.5, 0.6) is 0 Å². The van der Waals surface area contributed by atoms with Crippen LogP contribution < -0.4 is 10.6 Å². The maximum Gasteiger partial charge on any atom is 0.319 e. The molecule has 5 nitrogen and oxygen atoms in total. The second kappa shape index (κ2) is 14.7. The summed E-state index contributed by atoms with van der Waals surface area (Å²) in [6, 6.07) is 13.6. The molecular formula is C22H36N2O3S. The van der Waals surface area contributed by atoms with E-state index < -0.39 is 9.84 Å². The monoisotopic (exact) mass is 408 g/mol. The van der Waals surface area contributed by atoms with Crippen molar-refractivity contribution in [1.82, 2.24) is 5.32 Å². The number of aryl methyl sites for hydroxylation is 1. The Balaban J connectivity index is 0. The van der Waals surface area contributed by atoms with Crippen LogP contribution in [0, 0.1) is 6.92 Å². The molecule has 2 amide bonds. The van der Waals surface area contributed by atoms with Gasteiger partial charge >= 0.3 is 6.03 Å². The van der Waals surface area contributed by atoms with Crippen molar-refractivity contribution < 1.29 is 13.2 Å². The summed E-state index contributed by atoms with van der Waals surface area (Å²) in [5, 5.41) is 5.24. The lowest BCUT2D eigenvalue weighted by atomic mass is 10.2. The standard InChI is InChI=1S/C17H20N2O3S.2C2H6.CH4/c1-3-18-17(20)19-15-10-9-13(2)16(11-15)23(21,22)12-14-7-5-4-6-8-14;2*1-2;/h4-11H,3,12H2,1-2H3,(H2,18,19,20);2*1-2H3;1H4. The van der Waals surface area contributed by atoms with Gasteiger partial charge in [0.05, 0.1) is 10.6 Å². The van der Waals surface area contributed by atoms with Crippen LogP contribution in [0.1, 0.15) is 53.2 Å². The molecule has 2 aromatic rings. The number of nitrogens with one attached hydrogen (secondary N) is 2. The Kier molecular flexibility index (Phi) is 14.6. The van der Waals surface area contributed by atoms with Crippen LogP contribution in [0.2, 0.25) is 0 Å². The normalized spacial score (nSPS) is 9.50. The van der Waals surface area contributed by atoms with Crippen molar-refractivity contribution in [2.24, 2.45) is 0 Å². The first-order valence-electron chi connectivity index (χ1n) is 9.34. The Hall–Kier alpha value is -2.34. The molecule has 2 N–H and O–H groups in total. The topological polar surface area (TPSA) is 75.3 Å². The summed E-state index contributed by atoms with van der Waals surface area (Å²) in [5.74, 6) is -0.0701. The molecule has 0 aromatic heterocycles. The molecule has 2 rings (SSSR count). The van der Waals surface area contributed by atoms with Gasteiger partial charge < -0.3 is 10.6 Å². The number of hydrogen-bond acceptors (Lipinski definition) is 3. The summed E-state index contributed by atoms with van der Waals surface area (Å²) in [7, 11) is -3.49. The van der Waals surface area contributed by atoms with Crippen molar-refractivity contribution in [3.05, 3.63) is 59.7 Å². The van der Waals surface area contributed by atoms with Crippen LogP contribution in [-0.2, 0) is 15.6 Å². The summed E-state index contributed by atoms with van der Waals surface area (Å²) < 4.78 is 25.3. The van der Waals surface area contributed by atoms with Gasteiger partial charge in [0.15, 0.2) is 9.84 Å². The molecule has 0 aliphatic rings. The Morgan fingerprint density at radius 1 is 0.964 bits per heavy atom. The third kappa shape index (κ3) is 9.04. The van der Waals surface area contributed by atoms with Gasteiger partial charge in [0, 0.05) is 12.2 Å². The minimum atomic E-state index is -3.49. The Labute approximate surface area is 171 Å². The molecule has 0 saturated heterocycles. The quantitative estimate of drug-likeness (QED) is 0.656. The van der Waals surface area contributed by atoms with Gasteiger partial charge in [-0.3, -0.25) is 0 Å². The van der Waals surface area contributed by atoms with E-state index in [9.17, 15) is 13.2 Å². The van der Waals surface area contributed by atoms with Crippen LogP contribution >= 0.6 is 0 Å². The molecule has 0 atom stereocenters. The molecular weight excluding hydrogens is 372 g/mol. The average Bonchev–Trinajstić information content (AvgIpc) is 2.67. The molecule has 0 bridgehead atoms. The van der Waals surface area contributed by atoms with Gasteiger partial charge in [0.1, 0.15) is 0 Å². The first-order chi connectivity index (χ1) is 12.9. The van der Waals surface area contributed by atoms with Crippen LogP contribution in [0.15, 0.2) is 53.4 Å². The van der Waals surface area contributed by atoms with E-state index in [0.717, 1.165) is 5.56 Å². The summed E-state index contributed by atoms with van der Waals surface area (Å²) in [6.45, 7) is 12.1. The van der Waals surface area contributed by atoms with Crippen LogP contribution in [0.3, 0.4) is 0 Å². The summed E-state index contributed by atoms with van der Waals surface area (Å²) >= 11 is 0. The zero-order chi connectivity index (χ0) is 20.9. The van der Waals surface area contributed by atoms with Gasteiger partial charge in [-0.25, -0.2) is 13.2 Å². The highest BCUT2D eigenvalue weighted by molar-refractivity contribution is 7.90. The van der Waals surface area contributed by atoms with Gasteiger partial charge in [-0.1, -0.05) is 71.5 Å². The molecule has 0 radical (unpaired) electrons. The number of amides is 2. The summed E-state index contributed by atoms with van der Waals surface area (Å²) in [4.78, 5) is 11.8. The van der Waals surface area contributed by atoms with Crippen molar-refractivity contribution in [3.8, 4) is 0 Å². The Bertz CT molecular complexity index is 789. The fourth-order valence-electron chi connectivity index (χ4n) is 2.22. The van der Waals surface area contributed by atoms with Gasteiger partial charge in [-0.15, -0.1) is 0 Å². The van der Waals surface area contributed by atoms with Gasteiger partial charge in [-0.2, -0.15) is 0 Å². The highest BCUT2D eigenvalue weighted by Crippen LogP contribution is 2.23. The third-order valence-corrected chi connectivity index (χ3v) is 5.14. The lowest BCUT2D eigenvalue weighted by Gasteiger charge is -2.11. The van der Waals surface area contributed by atoms with Gasteiger partial charge in [0.2, 0.25) is 0 Å². The number of urea groups is 1. The van der Waals surface area contributed by atoms with Crippen LogP contribution in [0.4, 0.5) is 10.5 Å². The van der Waals surface area contributed by atoms with E-state index >= 15 is 0 Å². The first-order valence-corrected chi connectivity index (χ1v) is 11.0. The van der Waals surface area contributed by atoms with Crippen LogP contribution in [-0.4, -0.2) is 21.0 Å². The second-order valence-electron chi connectivity index (χ2n) is 5.21. The van der Waals surface area contributed by atoms with E-state index in [0.29, 0.717) is 17.8 Å². The number of sulfone groups is 1. The number of rotatable bonds is 5. The van der Waals surface area contributed by atoms with E-state index in [1.165, 1.54) is 6.07 Å². The Morgan fingerprint density at radius 3 is 2.07 bits per heavy atom. The maximum absolute atomic E-state index is 12.7. The van der Waals surface area contributed by atoms with Crippen LogP contribution in [0.25, 0.3) is 0 Å². The predicted octanol–water partition coefficient (Wildman–Crippen LogP) is 5.80. The molecule has 158 valence electrons. The smallest absolute Gasteiger partial charge is 0.319 e. The SMILES string of the molecule is C.CC.CC.CCNC(=O)Nc1ccc(C)c(S(=O)(=O)Cc2ccccc2)c1. The molecule has 0 heterocycles. The van der Waals surface area contributed by atoms with Crippen molar-refractivity contribution >= 4 is 21.6 Å². The molecule has 0 unspecified atom stereocenters. The van der Waals surface area contributed by atoms with Crippen molar-refractivity contribution in [3.63, 3.8) is 0 Å². The molecule has 0 aliphatic carbocycles. The molecule has 2 aromatic carbocycles. The molecule has 6 heteroatoms. The largest absolute Gasteiger partial charge is 0.338 e. The van der Waals surface area contributed by atoms with Gasteiger partial charge in [-0.05, 0) is 37.1 Å². The lowest BCUT2D eigenvalue weighted by Crippen LogP contribution is -2.28. The zero-order valence-corrected chi connectivity index (χ0v) is 18.0. The number of carbonyl (C=O) groups is 1. The second-order valence-corrected chi connectivity index (χ2v) is 7.17. The summed E-state index contributed by atoms with van der Waals surface area (Å²) in [5.41, 5.74) is 1.84. The number of carbonyl (C=O) groups excluding carboxylic acids is 1. The number of hydrogen-bond donors (Lipinski definition) is 2. The van der Waals surface area contributed by atoms with Crippen molar-refractivity contribution in [2.75, 3.05) is 11.9 Å². The number of benzene rings is 2. The van der Waals surface area contributed by atoms with E-state index in [4.69, 9.17) is 0 Å². The fourth-order valence-corrected chi connectivity index (χ4v) is 3.87. The third-order valence-electron chi connectivity index (χ3n) is 3.32. The zero-order valence-electron chi connectivity index (χ0n) is 17.2. The molecule has 0 spiro atoms. The highest BCUT2D eigenvalue weighted by atomic mass is 32.2. The molecule has 0 fully saturated rings. The highest BCUT2D eigenvalue weighted by Gasteiger charge is 2.18. The maximum atomic E-state index is 12.7. The number of anilines is 1. The first kappa shape index (κ1) is 27.9. The van der Waals surface area contributed by atoms with E-state index in [1.807, 2.05) is 52.8 Å². The molecule has 28 heavy (non-hydrogen) atoms. The summed E-state index contributed by atoms with van der Waals surface area (Å²) in [6.07, 6.45) is 0.